The smallest absolute Gasteiger partial charge is 0.273 e. The van der Waals surface area contributed by atoms with Crippen molar-refractivity contribution in [3.8, 4) is 22.9 Å². The van der Waals surface area contributed by atoms with Crippen LogP contribution in [0.4, 0.5) is 0 Å². The van der Waals surface area contributed by atoms with E-state index >= 15 is 0 Å². The second-order valence-corrected chi connectivity index (χ2v) is 6.93. The van der Waals surface area contributed by atoms with Crippen molar-refractivity contribution in [3.05, 3.63) is 70.1 Å². The molecule has 8 heteroatoms. The van der Waals surface area contributed by atoms with Crippen molar-refractivity contribution in [2.45, 2.75) is 32.7 Å². The number of methoxy groups -OCH3 is 1. The Morgan fingerprint density at radius 3 is 2.61 bits per heavy atom. The summed E-state index contributed by atoms with van der Waals surface area (Å²) in [6.45, 7) is 3.05. The largest absolute Gasteiger partial charge is 0.493 e. The Hall–Kier alpha value is -3.68. The number of nitrogens with zero attached hydrogens (tertiary/aromatic N) is 2. The molecule has 0 saturated carbocycles. The molecule has 31 heavy (non-hydrogen) atoms. The van der Waals surface area contributed by atoms with Gasteiger partial charge in [-0.2, -0.15) is 0 Å². The molecule has 8 nitrogen and oxygen atoms in total. The second kappa shape index (κ2) is 10.9. The Bertz CT molecular complexity index is 1070. The monoisotopic (exact) mass is 422 g/mol. The highest BCUT2D eigenvalue weighted by Crippen LogP contribution is 2.31. The topological polar surface area (TPSA) is 106 Å². The van der Waals surface area contributed by atoms with Crippen LogP contribution in [0, 0.1) is 0 Å². The highest BCUT2D eigenvalue weighted by molar-refractivity contribution is 5.76. The summed E-state index contributed by atoms with van der Waals surface area (Å²) < 4.78 is 11.0. The van der Waals surface area contributed by atoms with Gasteiger partial charge in [-0.05, 0) is 30.2 Å². The van der Waals surface area contributed by atoms with Gasteiger partial charge >= 0.3 is 0 Å². The van der Waals surface area contributed by atoms with Crippen LogP contribution in [0.3, 0.4) is 0 Å². The molecule has 0 saturated heterocycles. The second-order valence-electron chi connectivity index (χ2n) is 6.93. The molecule has 0 radical (unpaired) electrons. The maximum atomic E-state index is 12.4. The van der Waals surface area contributed by atoms with Gasteiger partial charge in [0.25, 0.3) is 5.56 Å². The summed E-state index contributed by atoms with van der Waals surface area (Å²) in [5.41, 5.74) is 1.51. The number of hydrogen-bond acceptors (Lipinski definition) is 6. The fourth-order valence-electron chi connectivity index (χ4n) is 2.92. The van der Waals surface area contributed by atoms with E-state index < -0.39 is 0 Å². The zero-order valence-electron chi connectivity index (χ0n) is 17.7. The molecule has 1 heterocycles. The van der Waals surface area contributed by atoms with Crippen molar-refractivity contribution in [3.63, 3.8) is 0 Å². The Morgan fingerprint density at radius 2 is 1.90 bits per heavy atom. The summed E-state index contributed by atoms with van der Waals surface area (Å²) in [6.07, 6.45) is 1.24. The lowest BCUT2D eigenvalue weighted by molar-refractivity contribution is -0.121. The summed E-state index contributed by atoms with van der Waals surface area (Å²) in [5, 5.41) is 11.0. The van der Waals surface area contributed by atoms with Crippen molar-refractivity contribution >= 4 is 5.91 Å². The van der Waals surface area contributed by atoms with E-state index in [2.05, 4.69) is 20.5 Å². The summed E-state index contributed by atoms with van der Waals surface area (Å²) >= 11 is 0. The quantitative estimate of drug-likeness (QED) is 0.520. The van der Waals surface area contributed by atoms with E-state index in [9.17, 15) is 9.59 Å². The van der Waals surface area contributed by atoms with Crippen LogP contribution in [0.5, 0.6) is 11.5 Å². The first-order valence-electron chi connectivity index (χ1n) is 10.2. The first-order valence-corrected chi connectivity index (χ1v) is 10.2. The highest BCUT2D eigenvalue weighted by Gasteiger charge is 2.12. The number of nitrogens with one attached hydrogen (secondary N) is 2. The van der Waals surface area contributed by atoms with Gasteiger partial charge < -0.3 is 19.8 Å². The molecule has 3 rings (SSSR count). The SMILES string of the molecule is CCCOc1ccc(-c2nnc(CCC(=O)NCc3ccccc3)c(=O)[nH]2)cc1OC. The first-order chi connectivity index (χ1) is 15.1. The van der Waals surface area contributed by atoms with E-state index in [1.165, 1.54) is 0 Å². The van der Waals surface area contributed by atoms with Crippen LogP contribution in [-0.4, -0.2) is 34.8 Å². The summed E-state index contributed by atoms with van der Waals surface area (Å²) in [7, 11) is 1.55. The zero-order valence-corrected chi connectivity index (χ0v) is 17.7. The van der Waals surface area contributed by atoms with Crippen molar-refractivity contribution in [1.29, 1.82) is 0 Å². The zero-order chi connectivity index (χ0) is 22.1. The first kappa shape index (κ1) is 22.0. The standard InChI is InChI=1S/C23H26N4O4/c1-3-13-31-19-11-9-17(14-20(19)30-2)22-25-23(29)18(26-27-22)10-12-21(28)24-15-16-7-5-4-6-8-16/h4-9,11,14H,3,10,12-13,15H2,1-2H3,(H,24,28)(H,25,27,29). The molecule has 0 bridgehead atoms. The fourth-order valence-corrected chi connectivity index (χ4v) is 2.92. The molecular formula is C23H26N4O4. The van der Waals surface area contributed by atoms with Crippen LogP contribution < -0.4 is 20.3 Å². The van der Waals surface area contributed by atoms with Gasteiger partial charge in [-0.1, -0.05) is 37.3 Å². The van der Waals surface area contributed by atoms with Crippen molar-refractivity contribution < 1.29 is 14.3 Å². The molecule has 0 aliphatic carbocycles. The minimum absolute atomic E-state index is 0.151. The van der Waals surface area contributed by atoms with Crippen LogP contribution >= 0.6 is 0 Å². The molecule has 0 fully saturated rings. The van der Waals surface area contributed by atoms with E-state index in [0.29, 0.717) is 36.0 Å². The number of carbonyl (C=O) groups is 1. The lowest BCUT2D eigenvalue weighted by Gasteiger charge is -2.11. The molecule has 3 aromatic rings. The lowest BCUT2D eigenvalue weighted by Crippen LogP contribution is -2.25. The number of ether oxygens (including phenoxy) is 2. The average Bonchev–Trinajstić information content (AvgIpc) is 2.81. The maximum absolute atomic E-state index is 12.4. The molecule has 0 atom stereocenters. The Kier molecular flexibility index (Phi) is 7.75. The van der Waals surface area contributed by atoms with Crippen molar-refractivity contribution in [2.75, 3.05) is 13.7 Å². The number of aryl methyl sites for hydroxylation is 1. The average molecular weight is 422 g/mol. The number of aromatic amines is 1. The van der Waals surface area contributed by atoms with E-state index in [0.717, 1.165) is 12.0 Å². The third-order valence-electron chi connectivity index (χ3n) is 4.58. The van der Waals surface area contributed by atoms with E-state index in [4.69, 9.17) is 9.47 Å². The third-order valence-corrected chi connectivity index (χ3v) is 4.58. The molecular weight excluding hydrogens is 396 g/mol. The van der Waals surface area contributed by atoms with Crippen LogP contribution in [0.15, 0.2) is 53.3 Å². The lowest BCUT2D eigenvalue weighted by atomic mass is 10.2. The van der Waals surface area contributed by atoms with Gasteiger partial charge in [0.2, 0.25) is 5.91 Å². The molecule has 1 aromatic heterocycles. The number of benzene rings is 2. The molecule has 0 spiro atoms. The van der Waals surface area contributed by atoms with Gasteiger partial charge in [-0.3, -0.25) is 9.59 Å². The maximum Gasteiger partial charge on any atom is 0.273 e. The molecule has 0 aliphatic heterocycles. The molecule has 162 valence electrons. The molecule has 1 amide bonds. The van der Waals surface area contributed by atoms with Gasteiger partial charge in [-0.25, -0.2) is 0 Å². The number of hydrogen-bond donors (Lipinski definition) is 2. The van der Waals surface area contributed by atoms with Gasteiger partial charge in [0.15, 0.2) is 17.3 Å². The highest BCUT2D eigenvalue weighted by atomic mass is 16.5. The van der Waals surface area contributed by atoms with Gasteiger partial charge in [0.1, 0.15) is 5.69 Å². The van der Waals surface area contributed by atoms with Gasteiger partial charge in [0, 0.05) is 24.9 Å². The van der Waals surface area contributed by atoms with Crippen LogP contribution in [0.25, 0.3) is 11.4 Å². The van der Waals surface area contributed by atoms with Crippen molar-refractivity contribution in [2.24, 2.45) is 0 Å². The Balaban J connectivity index is 1.62. The molecule has 2 N–H and O–H groups in total. The number of amides is 1. The predicted molar refractivity (Wildman–Crippen MR) is 117 cm³/mol. The van der Waals surface area contributed by atoms with Crippen LogP contribution in [0.1, 0.15) is 31.0 Å². The van der Waals surface area contributed by atoms with Crippen molar-refractivity contribution in [1.82, 2.24) is 20.5 Å². The summed E-state index contributed by atoms with van der Waals surface area (Å²) in [4.78, 5) is 27.2. The summed E-state index contributed by atoms with van der Waals surface area (Å²) in [5.74, 6) is 1.35. The van der Waals surface area contributed by atoms with E-state index in [1.54, 1.807) is 25.3 Å². The summed E-state index contributed by atoms with van der Waals surface area (Å²) in [6, 6.07) is 14.9. The minimum atomic E-state index is -0.369. The number of aromatic nitrogens is 3. The van der Waals surface area contributed by atoms with Crippen LogP contribution in [0.2, 0.25) is 0 Å². The Labute approximate surface area is 180 Å². The van der Waals surface area contributed by atoms with Crippen LogP contribution in [-0.2, 0) is 17.8 Å². The van der Waals surface area contributed by atoms with Gasteiger partial charge in [0.05, 0.1) is 13.7 Å². The van der Waals surface area contributed by atoms with E-state index in [-0.39, 0.29) is 30.0 Å². The molecule has 2 aromatic carbocycles. The van der Waals surface area contributed by atoms with E-state index in [1.807, 2.05) is 37.3 Å². The fraction of sp³-hybridized carbons (Fsp3) is 0.304. The molecule has 0 aliphatic rings. The third kappa shape index (κ3) is 6.15. The normalized spacial score (nSPS) is 10.5. The molecule has 0 unspecified atom stereocenters. The number of carbonyl (C=O) groups excluding carboxylic acids is 1. The van der Waals surface area contributed by atoms with Gasteiger partial charge in [-0.15, -0.1) is 10.2 Å². The predicted octanol–water partition coefficient (Wildman–Crippen LogP) is 2.88. The Morgan fingerprint density at radius 1 is 1.10 bits per heavy atom. The number of H-pyrrole nitrogens is 1. The number of rotatable bonds is 10. The minimum Gasteiger partial charge on any atom is -0.493 e.